The quantitative estimate of drug-likeness (QED) is 0.511. The van der Waals surface area contributed by atoms with Gasteiger partial charge >= 0.3 is 5.97 Å². The van der Waals surface area contributed by atoms with Gasteiger partial charge in [-0.3, -0.25) is 9.36 Å². The molecule has 0 amide bonds. The third kappa shape index (κ3) is 4.62. The van der Waals surface area contributed by atoms with E-state index in [0.717, 1.165) is 31.8 Å². The van der Waals surface area contributed by atoms with Gasteiger partial charge in [0.2, 0.25) is 5.43 Å². The number of nitrogens with zero attached hydrogens (tertiary/aromatic N) is 3. The molecule has 0 spiro atoms. The smallest absolute Gasteiger partial charge is 0.343 e. The Kier molecular flexibility index (Phi) is 7.11. The van der Waals surface area contributed by atoms with Crippen LogP contribution in [0.1, 0.15) is 36.2 Å². The maximum absolute atomic E-state index is 15.6. The lowest BCUT2D eigenvalue weighted by molar-refractivity contribution is 0.0524. The number of ether oxygens (including phenoxy) is 1. The Morgan fingerprint density at radius 3 is 2.71 bits per heavy atom. The SMILES string of the molecule is CCNCC1CCN(c2nc3c(c(C)c2F)c(=O)c(C(=O)OCC)cn3-c2ccc(F)cc2F)C1. The maximum Gasteiger partial charge on any atom is 0.343 e. The Morgan fingerprint density at radius 2 is 2.03 bits per heavy atom. The molecule has 7 nitrogen and oxygen atoms in total. The fraction of sp³-hybridized carbons (Fsp3) is 0.400. The third-order valence-electron chi connectivity index (χ3n) is 6.23. The van der Waals surface area contributed by atoms with Crippen molar-refractivity contribution in [3.8, 4) is 5.69 Å². The molecule has 1 aliphatic rings. The van der Waals surface area contributed by atoms with Gasteiger partial charge in [-0.05, 0) is 51.4 Å². The number of esters is 1. The summed E-state index contributed by atoms with van der Waals surface area (Å²) >= 11 is 0. The van der Waals surface area contributed by atoms with Gasteiger partial charge in [0.15, 0.2) is 17.3 Å². The molecule has 10 heteroatoms. The van der Waals surface area contributed by atoms with Crippen LogP contribution in [0.4, 0.5) is 19.0 Å². The van der Waals surface area contributed by atoms with Crippen molar-refractivity contribution in [2.75, 3.05) is 37.7 Å². The van der Waals surface area contributed by atoms with Gasteiger partial charge in [-0.2, -0.15) is 0 Å². The number of nitrogens with one attached hydrogen (secondary N) is 1. The van der Waals surface area contributed by atoms with Crippen LogP contribution in [0.15, 0.2) is 29.2 Å². The molecule has 186 valence electrons. The molecule has 1 saturated heterocycles. The van der Waals surface area contributed by atoms with Crippen LogP contribution in [-0.4, -0.2) is 48.3 Å². The highest BCUT2D eigenvalue weighted by atomic mass is 19.1. The molecule has 0 bridgehead atoms. The van der Waals surface area contributed by atoms with Gasteiger partial charge in [0, 0.05) is 30.9 Å². The molecule has 1 atom stereocenters. The van der Waals surface area contributed by atoms with Gasteiger partial charge < -0.3 is 15.0 Å². The Bertz CT molecular complexity index is 1340. The van der Waals surface area contributed by atoms with Gasteiger partial charge in [-0.1, -0.05) is 6.92 Å². The lowest BCUT2D eigenvalue weighted by Crippen LogP contribution is -2.28. The summed E-state index contributed by atoms with van der Waals surface area (Å²) in [6.45, 7) is 7.78. The molecule has 1 fully saturated rings. The molecule has 1 unspecified atom stereocenters. The van der Waals surface area contributed by atoms with Crippen molar-refractivity contribution in [1.29, 1.82) is 0 Å². The largest absolute Gasteiger partial charge is 0.462 e. The second kappa shape index (κ2) is 10.1. The first-order valence-corrected chi connectivity index (χ1v) is 11.6. The maximum atomic E-state index is 15.6. The average Bonchev–Trinajstić information content (AvgIpc) is 3.29. The van der Waals surface area contributed by atoms with Crippen LogP contribution in [0.3, 0.4) is 0 Å². The van der Waals surface area contributed by atoms with Crippen molar-refractivity contribution < 1.29 is 22.7 Å². The molecule has 0 saturated carbocycles. The molecule has 0 aliphatic carbocycles. The molecule has 2 aromatic heterocycles. The summed E-state index contributed by atoms with van der Waals surface area (Å²) in [6.07, 6.45) is 1.96. The van der Waals surface area contributed by atoms with Gasteiger partial charge in [0.05, 0.1) is 17.7 Å². The Hall–Kier alpha value is -3.40. The number of aromatic nitrogens is 2. The van der Waals surface area contributed by atoms with Crippen molar-refractivity contribution in [3.63, 3.8) is 0 Å². The highest BCUT2D eigenvalue weighted by Crippen LogP contribution is 2.31. The lowest BCUT2D eigenvalue weighted by atomic mass is 10.1. The van der Waals surface area contributed by atoms with Gasteiger partial charge in [-0.15, -0.1) is 0 Å². The van der Waals surface area contributed by atoms with E-state index in [0.29, 0.717) is 25.1 Å². The van der Waals surface area contributed by atoms with E-state index in [1.54, 1.807) is 11.8 Å². The van der Waals surface area contributed by atoms with E-state index < -0.39 is 34.4 Å². The minimum absolute atomic E-state index is 0.00690. The summed E-state index contributed by atoms with van der Waals surface area (Å²) in [5.74, 6) is -2.97. The molecule has 0 radical (unpaired) electrons. The van der Waals surface area contributed by atoms with Crippen molar-refractivity contribution >= 4 is 22.8 Å². The molecule has 4 rings (SSSR count). The van der Waals surface area contributed by atoms with E-state index in [2.05, 4.69) is 10.3 Å². The van der Waals surface area contributed by atoms with Crippen LogP contribution in [0.5, 0.6) is 0 Å². The predicted molar refractivity (Wildman–Crippen MR) is 127 cm³/mol. The number of anilines is 1. The standard InChI is InChI=1S/C25H27F3N4O3/c1-4-29-11-15-8-9-31(12-15)24-21(28)14(3)20-22(33)17(25(34)35-5-2)13-32(23(20)30-24)19-7-6-16(26)10-18(19)27/h6-7,10,13,15,29H,4-5,8-9,11-12H2,1-3H3. The predicted octanol–water partition coefficient (Wildman–Crippen LogP) is 3.72. The number of hydrogen-bond acceptors (Lipinski definition) is 6. The van der Waals surface area contributed by atoms with Crippen molar-refractivity contribution in [3.05, 3.63) is 63.2 Å². The number of halogens is 3. The zero-order chi connectivity index (χ0) is 25.3. The zero-order valence-electron chi connectivity index (χ0n) is 19.8. The lowest BCUT2D eigenvalue weighted by Gasteiger charge is -2.22. The minimum atomic E-state index is -0.929. The molecule has 3 aromatic rings. The second-order valence-electron chi connectivity index (χ2n) is 8.54. The number of carbonyl (C=O) groups is 1. The van der Waals surface area contributed by atoms with Crippen LogP contribution in [0.25, 0.3) is 16.7 Å². The summed E-state index contributed by atoms with van der Waals surface area (Å²) in [7, 11) is 0. The highest BCUT2D eigenvalue weighted by Gasteiger charge is 2.29. The third-order valence-corrected chi connectivity index (χ3v) is 6.23. The first-order valence-electron chi connectivity index (χ1n) is 11.6. The second-order valence-corrected chi connectivity index (χ2v) is 8.54. The highest BCUT2D eigenvalue weighted by molar-refractivity contribution is 5.95. The van der Waals surface area contributed by atoms with Crippen LogP contribution in [0, 0.1) is 30.3 Å². The fourth-order valence-electron chi connectivity index (χ4n) is 4.44. The van der Waals surface area contributed by atoms with E-state index in [4.69, 9.17) is 4.74 Å². The Labute approximate surface area is 200 Å². The first kappa shape index (κ1) is 24.7. The molecule has 1 aliphatic heterocycles. The monoisotopic (exact) mass is 488 g/mol. The zero-order valence-corrected chi connectivity index (χ0v) is 19.8. The van der Waals surface area contributed by atoms with E-state index in [9.17, 15) is 18.4 Å². The summed E-state index contributed by atoms with van der Waals surface area (Å²) < 4.78 is 50.2. The van der Waals surface area contributed by atoms with E-state index >= 15 is 4.39 Å². The molecular formula is C25H27F3N4O3. The first-order chi connectivity index (χ1) is 16.8. The van der Waals surface area contributed by atoms with Crippen LogP contribution < -0.4 is 15.6 Å². The molecule has 1 aromatic carbocycles. The summed E-state index contributed by atoms with van der Waals surface area (Å²) in [4.78, 5) is 32.0. The van der Waals surface area contributed by atoms with Crippen LogP contribution in [-0.2, 0) is 4.74 Å². The Balaban J connectivity index is 1.96. The van der Waals surface area contributed by atoms with Gasteiger partial charge in [0.25, 0.3) is 0 Å². The van der Waals surface area contributed by atoms with Crippen LogP contribution in [0.2, 0.25) is 0 Å². The van der Waals surface area contributed by atoms with E-state index in [1.807, 2.05) is 6.92 Å². The number of carbonyl (C=O) groups excluding carboxylic acids is 1. The summed E-state index contributed by atoms with van der Waals surface area (Å²) in [5.41, 5.74) is -1.34. The molecule has 35 heavy (non-hydrogen) atoms. The van der Waals surface area contributed by atoms with Gasteiger partial charge in [-0.25, -0.2) is 22.9 Å². The fourth-order valence-corrected chi connectivity index (χ4v) is 4.44. The minimum Gasteiger partial charge on any atom is -0.462 e. The van der Waals surface area contributed by atoms with E-state index in [-0.39, 0.29) is 34.7 Å². The average molecular weight is 489 g/mol. The van der Waals surface area contributed by atoms with Crippen molar-refractivity contribution in [2.24, 2.45) is 5.92 Å². The number of pyridine rings is 2. The van der Waals surface area contributed by atoms with Crippen LogP contribution >= 0.6 is 0 Å². The number of hydrogen-bond donors (Lipinski definition) is 1. The van der Waals surface area contributed by atoms with Gasteiger partial charge in [0.1, 0.15) is 17.2 Å². The number of benzene rings is 1. The Morgan fingerprint density at radius 1 is 1.26 bits per heavy atom. The molecule has 1 N–H and O–H groups in total. The number of fused-ring (bicyclic) bond motifs is 1. The number of aryl methyl sites for hydroxylation is 1. The summed E-state index contributed by atoms with van der Waals surface area (Å²) in [5, 5.41) is 3.13. The van der Waals surface area contributed by atoms with Crippen molar-refractivity contribution in [1.82, 2.24) is 14.9 Å². The van der Waals surface area contributed by atoms with Crippen molar-refractivity contribution in [2.45, 2.75) is 27.2 Å². The number of rotatable bonds is 7. The summed E-state index contributed by atoms with van der Waals surface area (Å²) in [6, 6.07) is 2.91. The normalized spacial score (nSPS) is 15.7. The molecular weight excluding hydrogens is 461 g/mol. The topological polar surface area (TPSA) is 76.5 Å². The van der Waals surface area contributed by atoms with E-state index in [1.165, 1.54) is 17.6 Å². The molecule has 3 heterocycles.